The normalized spacial score (nSPS) is 12.7. The summed E-state index contributed by atoms with van der Waals surface area (Å²) >= 11 is 0. The molecule has 0 aliphatic rings. The molecule has 1 atom stereocenters. The molecular formula is C23H29N3O4S. The van der Waals surface area contributed by atoms with Crippen LogP contribution >= 0.6 is 0 Å². The predicted octanol–water partition coefficient (Wildman–Crippen LogP) is 4.27. The molecule has 1 unspecified atom stereocenters. The smallest absolute Gasteiger partial charge is 0.243 e. The van der Waals surface area contributed by atoms with Crippen molar-refractivity contribution in [3.8, 4) is 11.1 Å². The lowest BCUT2D eigenvalue weighted by Crippen LogP contribution is -2.28. The maximum absolute atomic E-state index is 12.6. The zero-order valence-corrected chi connectivity index (χ0v) is 18.4. The molecule has 2 aromatic carbocycles. The zero-order valence-electron chi connectivity index (χ0n) is 17.6. The van der Waals surface area contributed by atoms with Gasteiger partial charge >= 0.3 is 0 Å². The molecule has 4 N–H and O–H groups in total. The first kappa shape index (κ1) is 23.0. The van der Waals surface area contributed by atoms with Crippen molar-refractivity contribution in [1.82, 2.24) is 15.2 Å². The Morgan fingerprint density at radius 1 is 1.00 bits per heavy atom. The first-order valence-electron chi connectivity index (χ1n) is 10.5. The Labute approximate surface area is 182 Å². The number of nitrogens with one attached hydrogen (secondary N) is 3. The Kier molecular flexibility index (Phi) is 7.84. The van der Waals surface area contributed by atoms with Crippen molar-refractivity contribution in [2.45, 2.75) is 44.3 Å². The van der Waals surface area contributed by atoms with E-state index < -0.39 is 21.2 Å². The molecule has 0 fully saturated rings. The lowest BCUT2D eigenvalue weighted by atomic mass is 10.0. The van der Waals surface area contributed by atoms with Crippen LogP contribution in [0.15, 0.2) is 54.7 Å². The molecule has 1 amide bonds. The number of aromatic amines is 1. The van der Waals surface area contributed by atoms with E-state index in [4.69, 9.17) is 5.21 Å². The van der Waals surface area contributed by atoms with E-state index in [1.165, 1.54) is 0 Å². The van der Waals surface area contributed by atoms with E-state index in [1.807, 2.05) is 36.5 Å². The van der Waals surface area contributed by atoms with Crippen LogP contribution in [0.2, 0.25) is 0 Å². The highest BCUT2D eigenvalue weighted by molar-refractivity contribution is 7.89. The minimum atomic E-state index is -3.47. The van der Waals surface area contributed by atoms with E-state index in [0.717, 1.165) is 40.4 Å². The van der Waals surface area contributed by atoms with Gasteiger partial charge in [0.25, 0.3) is 0 Å². The molecule has 0 bridgehead atoms. The van der Waals surface area contributed by atoms with Gasteiger partial charge in [0, 0.05) is 24.7 Å². The van der Waals surface area contributed by atoms with Crippen molar-refractivity contribution < 1.29 is 18.4 Å². The van der Waals surface area contributed by atoms with Gasteiger partial charge in [0.2, 0.25) is 15.9 Å². The van der Waals surface area contributed by atoms with Crippen LogP contribution in [0, 0.1) is 0 Å². The third kappa shape index (κ3) is 6.16. The number of carbonyl (C=O) groups is 1. The quantitative estimate of drug-likeness (QED) is 0.201. The number of carbonyl (C=O) groups excluding carboxylic acids is 1. The van der Waals surface area contributed by atoms with Gasteiger partial charge in [-0.3, -0.25) is 10.0 Å². The second kappa shape index (κ2) is 10.6. The van der Waals surface area contributed by atoms with Crippen LogP contribution in [0.5, 0.6) is 0 Å². The minimum absolute atomic E-state index is 0.272. The summed E-state index contributed by atoms with van der Waals surface area (Å²) in [7, 11) is -3.47. The number of benzene rings is 2. The van der Waals surface area contributed by atoms with Gasteiger partial charge in [0.1, 0.15) is 0 Å². The average molecular weight is 444 g/mol. The summed E-state index contributed by atoms with van der Waals surface area (Å²) in [5.74, 6) is -0.398. The van der Waals surface area contributed by atoms with Gasteiger partial charge in [-0.1, -0.05) is 49.2 Å². The van der Waals surface area contributed by atoms with Gasteiger partial charge < -0.3 is 4.98 Å². The second-order valence-electron chi connectivity index (χ2n) is 7.68. The molecule has 7 nitrogen and oxygen atoms in total. The number of aromatic nitrogens is 1. The van der Waals surface area contributed by atoms with Crippen LogP contribution < -0.4 is 10.2 Å². The van der Waals surface area contributed by atoms with Crippen molar-refractivity contribution in [2.24, 2.45) is 0 Å². The Bertz CT molecular complexity index is 1110. The predicted molar refractivity (Wildman–Crippen MR) is 122 cm³/mol. The van der Waals surface area contributed by atoms with E-state index in [0.29, 0.717) is 19.4 Å². The lowest BCUT2D eigenvalue weighted by Gasteiger charge is -2.15. The number of sulfonamides is 1. The first-order chi connectivity index (χ1) is 14.9. The second-order valence-corrected chi connectivity index (χ2v) is 9.77. The first-order valence-corrected chi connectivity index (χ1v) is 12.0. The van der Waals surface area contributed by atoms with Gasteiger partial charge in [-0.2, -0.15) is 0 Å². The average Bonchev–Trinajstić information content (AvgIpc) is 3.25. The number of hydrogen-bond acceptors (Lipinski definition) is 4. The van der Waals surface area contributed by atoms with Crippen LogP contribution in [-0.4, -0.2) is 31.1 Å². The topological polar surface area (TPSA) is 111 Å². The van der Waals surface area contributed by atoms with Crippen LogP contribution in [-0.2, 0) is 14.8 Å². The number of fused-ring (bicyclic) bond motifs is 1. The number of amides is 1. The Morgan fingerprint density at radius 3 is 2.45 bits per heavy atom. The molecule has 0 aliphatic heterocycles. The van der Waals surface area contributed by atoms with Crippen molar-refractivity contribution in [3.63, 3.8) is 0 Å². The fraction of sp³-hybridized carbons (Fsp3) is 0.348. The van der Waals surface area contributed by atoms with Gasteiger partial charge in [-0.05, 0) is 54.0 Å². The molecular weight excluding hydrogens is 414 g/mol. The highest BCUT2D eigenvalue weighted by Crippen LogP contribution is 2.27. The van der Waals surface area contributed by atoms with Crippen LogP contribution in [0.3, 0.4) is 0 Å². The van der Waals surface area contributed by atoms with Crippen molar-refractivity contribution >= 4 is 26.8 Å². The highest BCUT2D eigenvalue weighted by atomic mass is 32.2. The molecule has 0 aliphatic carbocycles. The van der Waals surface area contributed by atoms with E-state index in [2.05, 4.69) is 27.9 Å². The lowest BCUT2D eigenvalue weighted by molar-refractivity contribution is -0.129. The third-order valence-corrected chi connectivity index (χ3v) is 7.30. The Morgan fingerprint density at radius 2 is 1.71 bits per heavy atom. The van der Waals surface area contributed by atoms with Crippen molar-refractivity contribution in [1.29, 1.82) is 0 Å². The molecule has 3 aromatic rings. The van der Waals surface area contributed by atoms with E-state index in [1.54, 1.807) is 12.4 Å². The van der Waals surface area contributed by atoms with E-state index in [-0.39, 0.29) is 6.42 Å². The summed E-state index contributed by atoms with van der Waals surface area (Å²) in [5, 5.41) is 8.94. The monoisotopic (exact) mass is 443 g/mol. The summed E-state index contributed by atoms with van der Waals surface area (Å²) in [5.41, 5.74) is 5.52. The molecule has 1 heterocycles. The third-order valence-electron chi connectivity index (χ3n) is 5.49. The van der Waals surface area contributed by atoms with E-state index in [9.17, 15) is 13.2 Å². The molecule has 0 spiro atoms. The summed E-state index contributed by atoms with van der Waals surface area (Å²) < 4.78 is 27.9. The number of hydrogen-bond donors (Lipinski definition) is 4. The number of rotatable bonds is 11. The SMILES string of the molecule is CC(c1ccc(-c2ccc3cc[nH]c3c2)cc1)S(=O)(=O)NCCCCCCC(=O)NO. The molecule has 31 heavy (non-hydrogen) atoms. The molecule has 0 saturated heterocycles. The molecule has 166 valence electrons. The largest absolute Gasteiger partial charge is 0.361 e. The molecule has 0 saturated carbocycles. The molecule has 8 heteroatoms. The summed E-state index contributed by atoms with van der Waals surface area (Å²) in [6.45, 7) is 2.06. The Hall–Kier alpha value is -2.68. The maximum atomic E-state index is 12.6. The van der Waals surface area contributed by atoms with E-state index >= 15 is 0 Å². The summed E-state index contributed by atoms with van der Waals surface area (Å²) in [4.78, 5) is 14.1. The fourth-order valence-electron chi connectivity index (χ4n) is 3.51. The van der Waals surface area contributed by atoms with Crippen LogP contribution in [0.4, 0.5) is 0 Å². The highest BCUT2D eigenvalue weighted by Gasteiger charge is 2.21. The fourth-order valence-corrected chi connectivity index (χ4v) is 4.71. The minimum Gasteiger partial charge on any atom is -0.361 e. The number of H-pyrrole nitrogens is 1. The summed E-state index contributed by atoms with van der Waals surface area (Å²) in [6, 6.07) is 15.9. The van der Waals surface area contributed by atoms with Gasteiger partial charge in [0.15, 0.2) is 0 Å². The molecule has 0 radical (unpaired) electrons. The zero-order chi connectivity index (χ0) is 22.3. The Balaban J connectivity index is 1.51. The van der Waals surface area contributed by atoms with Crippen LogP contribution in [0.25, 0.3) is 22.0 Å². The van der Waals surface area contributed by atoms with Gasteiger partial charge in [-0.15, -0.1) is 0 Å². The maximum Gasteiger partial charge on any atom is 0.243 e. The van der Waals surface area contributed by atoms with Crippen molar-refractivity contribution in [3.05, 3.63) is 60.3 Å². The molecule has 3 rings (SSSR count). The molecule has 1 aromatic heterocycles. The number of hydroxylamine groups is 1. The summed E-state index contributed by atoms with van der Waals surface area (Å²) in [6.07, 6.45) is 5.17. The van der Waals surface area contributed by atoms with Crippen molar-refractivity contribution in [2.75, 3.05) is 6.54 Å². The van der Waals surface area contributed by atoms with Gasteiger partial charge in [-0.25, -0.2) is 18.6 Å². The van der Waals surface area contributed by atoms with Gasteiger partial charge in [0.05, 0.1) is 5.25 Å². The van der Waals surface area contributed by atoms with Crippen LogP contribution in [0.1, 0.15) is 49.8 Å². The standard InChI is InChI=1S/C23H29N3O4S/c1-17(31(29,30)25-14-5-3-2-4-6-23(27)26-28)18-7-9-19(10-8-18)21-12-11-20-13-15-24-22(20)16-21/h7-13,15-17,24-25,28H,2-6,14H2,1H3,(H,26,27). The number of unbranched alkanes of at least 4 members (excludes halogenated alkanes) is 3.